The van der Waals surface area contributed by atoms with Gasteiger partial charge in [-0.2, -0.15) is 0 Å². The molecule has 1 N–H and O–H groups in total. The van der Waals surface area contributed by atoms with E-state index in [9.17, 15) is 9.59 Å². The maximum Gasteiger partial charge on any atom is 0.343 e. The van der Waals surface area contributed by atoms with Crippen LogP contribution in [0.25, 0.3) is 0 Å². The van der Waals surface area contributed by atoms with Gasteiger partial charge in [0.15, 0.2) is 0 Å². The van der Waals surface area contributed by atoms with Gasteiger partial charge in [0.25, 0.3) is 5.91 Å². The smallest absolute Gasteiger partial charge is 0.335 e. The van der Waals surface area contributed by atoms with E-state index in [1.54, 1.807) is 7.05 Å². The van der Waals surface area contributed by atoms with Crippen molar-refractivity contribution in [1.82, 2.24) is 24.6 Å². The van der Waals surface area contributed by atoms with Gasteiger partial charge >= 0.3 is 5.69 Å². The van der Waals surface area contributed by atoms with Crippen molar-refractivity contribution in [1.29, 1.82) is 0 Å². The fourth-order valence-corrected chi connectivity index (χ4v) is 5.66. The molecule has 1 amide bonds. The lowest BCUT2D eigenvalue weighted by Crippen LogP contribution is -2.60. The van der Waals surface area contributed by atoms with Crippen LogP contribution >= 0.6 is 0 Å². The topological polar surface area (TPSA) is 74.2 Å². The molecular formula is C21H27N5O2. The molecule has 7 heteroatoms. The van der Waals surface area contributed by atoms with Gasteiger partial charge in [-0.25, -0.2) is 9.48 Å². The Morgan fingerprint density at radius 1 is 1.14 bits per heavy atom. The average Bonchev–Trinajstić information content (AvgIpc) is 3.06. The van der Waals surface area contributed by atoms with E-state index in [1.807, 2.05) is 4.90 Å². The number of nitrogens with zero attached hydrogens (tertiary/aromatic N) is 4. The van der Waals surface area contributed by atoms with Crippen LogP contribution in [0.15, 0.2) is 35.1 Å². The number of carbonyl (C=O) groups excluding carboxylic acids is 1. The maximum absolute atomic E-state index is 12.9. The van der Waals surface area contributed by atoms with Gasteiger partial charge in [-0.3, -0.25) is 14.7 Å². The number of H-pyrrole nitrogens is 1. The molecule has 28 heavy (non-hydrogen) atoms. The van der Waals surface area contributed by atoms with E-state index >= 15 is 0 Å². The first-order valence-corrected chi connectivity index (χ1v) is 10.3. The van der Waals surface area contributed by atoms with Crippen LogP contribution in [0.4, 0.5) is 0 Å². The van der Waals surface area contributed by atoms with Crippen LogP contribution in [0.2, 0.25) is 0 Å². The number of carbonyl (C=O) groups is 1. The van der Waals surface area contributed by atoms with Gasteiger partial charge in [0.2, 0.25) is 5.82 Å². The summed E-state index contributed by atoms with van der Waals surface area (Å²) in [6.07, 6.45) is 4.87. The largest absolute Gasteiger partial charge is 0.343 e. The minimum absolute atomic E-state index is 0.142. The number of hydrogen-bond acceptors (Lipinski definition) is 4. The van der Waals surface area contributed by atoms with Crippen molar-refractivity contribution in [3.05, 3.63) is 52.2 Å². The Morgan fingerprint density at radius 3 is 2.71 bits per heavy atom. The molecule has 0 aliphatic carbocycles. The second kappa shape index (κ2) is 6.88. The van der Waals surface area contributed by atoms with Crippen LogP contribution in [-0.2, 0) is 7.05 Å². The van der Waals surface area contributed by atoms with E-state index in [2.05, 4.69) is 45.3 Å². The fourth-order valence-electron chi connectivity index (χ4n) is 5.66. The number of fused-ring (bicyclic) bond motifs is 4. The van der Waals surface area contributed by atoms with Gasteiger partial charge in [0, 0.05) is 38.8 Å². The molecule has 0 spiro atoms. The van der Waals surface area contributed by atoms with Crippen LogP contribution in [0, 0.1) is 11.8 Å². The molecule has 4 atom stereocenters. The lowest BCUT2D eigenvalue weighted by Gasteiger charge is -2.55. The van der Waals surface area contributed by atoms with Crippen molar-refractivity contribution in [3.63, 3.8) is 0 Å². The number of amides is 1. The summed E-state index contributed by atoms with van der Waals surface area (Å²) in [4.78, 5) is 31.8. The Hall–Kier alpha value is -2.41. The molecule has 2 aromatic rings. The molecule has 7 nitrogen and oxygen atoms in total. The first-order valence-electron chi connectivity index (χ1n) is 10.3. The van der Waals surface area contributed by atoms with Gasteiger partial charge in [0.1, 0.15) is 0 Å². The molecule has 3 aliphatic rings. The molecule has 4 heterocycles. The van der Waals surface area contributed by atoms with Crippen molar-refractivity contribution >= 4 is 5.91 Å². The van der Waals surface area contributed by atoms with Crippen molar-refractivity contribution in [2.75, 3.05) is 19.6 Å². The van der Waals surface area contributed by atoms with Crippen LogP contribution < -0.4 is 5.69 Å². The first kappa shape index (κ1) is 17.7. The summed E-state index contributed by atoms with van der Waals surface area (Å²) in [5, 5.41) is 4.06. The van der Waals surface area contributed by atoms with Gasteiger partial charge in [0.05, 0.1) is 0 Å². The first-order chi connectivity index (χ1) is 13.6. The number of aryl methyl sites for hydroxylation is 1. The third-order valence-electron chi connectivity index (χ3n) is 6.83. The Labute approximate surface area is 164 Å². The Balaban J connectivity index is 1.36. The van der Waals surface area contributed by atoms with Crippen molar-refractivity contribution < 1.29 is 4.79 Å². The third kappa shape index (κ3) is 2.98. The summed E-state index contributed by atoms with van der Waals surface area (Å²) in [6.45, 7) is 2.55. The predicted octanol–water partition coefficient (Wildman–Crippen LogP) is 1.80. The third-order valence-corrected chi connectivity index (χ3v) is 6.83. The van der Waals surface area contributed by atoms with E-state index in [0.29, 0.717) is 23.9 Å². The highest BCUT2D eigenvalue weighted by molar-refractivity contribution is 5.90. The number of aromatic nitrogens is 3. The number of nitrogens with one attached hydrogen (secondary N) is 1. The van der Waals surface area contributed by atoms with Crippen molar-refractivity contribution in [2.24, 2.45) is 18.9 Å². The molecule has 0 saturated carbocycles. The molecule has 0 unspecified atom stereocenters. The van der Waals surface area contributed by atoms with E-state index in [4.69, 9.17) is 0 Å². The summed E-state index contributed by atoms with van der Waals surface area (Å²) in [7, 11) is 1.56. The normalized spacial score (nSPS) is 30.1. The van der Waals surface area contributed by atoms with Crippen LogP contribution in [0.3, 0.4) is 0 Å². The van der Waals surface area contributed by atoms with E-state index in [-0.39, 0.29) is 17.4 Å². The van der Waals surface area contributed by atoms with Crippen LogP contribution in [-0.4, -0.2) is 56.1 Å². The zero-order valence-electron chi connectivity index (χ0n) is 16.3. The lowest BCUT2D eigenvalue weighted by molar-refractivity contribution is -0.0513. The highest BCUT2D eigenvalue weighted by Gasteiger charge is 2.46. The number of aromatic amines is 1. The highest BCUT2D eigenvalue weighted by Crippen LogP contribution is 2.44. The van der Waals surface area contributed by atoms with Gasteiger partial charge in [-0.05, 0) is 43.1 Å². The lowest BCUT2D eigenvalue weighted by atomic mass is 9.74. The minimum atomic E-state index is -0.343. The zero-order chi connectivity index (χ0) is 19.3. The van der Waals surface area contributed by atoms with Gasteiger partial charge in [-0.1, -0.05) is 30.3 Å². The summed E-state index contributed by atoms with van der Waals surface area (Å²) < 4.78 is 1.19. The second-order valence-corrected chi connectivity index (χ2v) is 8.60. The number of rotatable bonds is 2. The minimum Gasteiger partial charge on any atom is -0.335 e. The molecule has 3 saturated heterocycles. The fraction of sp³-hybridized carbons (Fsp3) is 0.571. The van der Waals surface area contributed by atoms with Crippen molar-refractivity contribution in [2.45, 2.75) is 37.8 Å². The summed E-state index contributed by atoms with van der Waals surface area (Å²) in [5.41, 5.74) is 1.08. The van der Waals surface area contributed by atoms with Gasteiger partial charge < -0.3 is 4.90 Å². The summed E-state index contributed by atoms with van der Waals surface area (Å²) in [5.74, 6) is 1.00. The van der Waals surface area contributed by atoms with Crippen molar-refractivity contribution in [3.8, 4) is 0 Å². The molecule has 148 valence electrons. The molecule has 2 bridgehead atoms. The van der Waals surface area contributed by atoms with E-state index < -0.39 is 0 Å². The molecule has 3 aliphatic heterocycles. The van der Waals surface area contributed by atoms with Crippen LogP contribution in [0.1, 0.15) is 47.9 Å². The van der Waals surface area contributed by atoms with Gasteiger partial charge in [-0.15, -0.1) is 5.10 Å². The zero-order valence-corrected chi connectivity index (χ0v) is 16.3. The Kier molecular flexibility index (Phi) is 4.34. The molecular weight excluding hydrogens is 354 g/mol. The quantitative estimate of drug-likeness (QED) is 0.861. The SMILES string of the molecule is Cn1nc(C(=O)N2C[C@@H]3C[C@H](C2)[C@@H]2CCC[C@H](c4ccccc4)N2C3)[nH]c1=O. The van der Waals surface area contributed by atoms with E-state index in [0.717, 1.165) is 19.6 Å². The maximum atomic E-state index is 12.9. The molecule has 1 aromatic carbocycles. The number of likely N-dealkylation sites (tertiary alicyclic amines) is 1. The molecule has 5 rings (SSSR count). The van der Waals surface area contributed by atoms with E-state index in [1.165, 1.54) is 35.9 Å². The summed E-state index contributed by atoms with van der Waals surface area (Å²) in [6, 6.07) is 11.9. The summed E-state index contributed by atoms with van der Waals surface area (Å²) >= 11 is 0. The Bertz CT molecular complexity index is 920. The van der Waals surface area contributed by atoms with Crippen LogP contribution in [0.5, 0.6) is 0 Å². The number of piperidine rings is 3. The standard InChI is InChI=1S/C21H27N5O2/c1-24-21(28)22-19(23-24)20(27)25-11-14-10-16(13-25)18-9-5-8-17(26(18)12-14)15-6-3-2-4-7-15/h2-4,6-7,14,16-18H,5,8-13H2,1H3,(H,22,23,28)/t14-,16+,17+,18-/m0/s1. The Morgan fingerprint density at radius 2 is 1.96 bits per heavy atom. The highest BCUT2D eigenvalue weighted by atomic mass is 16.2. The second-order valence-electron chi connectivity index (χ2n) is 8.60. The molecule has 0 radical (unpaired) electrons. The monoisotopic (exact) mass is 381 g/mol. The average molecular weight is 381 g/mol. The number of hydrogen-bond donors (Lipinski definition) is 1. The molecule has 3 fully saturated rings. The number of benzene rings is 1. The predicted molar refractivity (Wildman–Crippen MR) is 105 cm³/mol. The molecule has 1 aromatic heterocycles.